The molecule has 26 heavy (non-hydrogen) atoms. The summed E-state index contributed by atoms with van der Waals surface area (Å²) in [7, 11) is 1.58. The molecule has 0 spiro atoms. The van der Waals surface area contributed by atoms with Gasteiger partial charge in [-0.15, -0.1) is 0 Å². The molecule has 0 aliphatic rings. The number of carbonyl (C=O) groups is 1. The summed E-state index contributed by atoms with van der Waals surface area (Å²) in [5.41, 5.74) is 0.874. The molecule has 0 aliphatic heterocycles. The molecule has 0 fully saturated rings. The lowest BCUT2D eigenvalue weighted by Crippen LogP contribution is -2.26. The largest absolute Gasteiger partial charge is 0.336 e. The van der Waals surface area contributed by atoms with E-state index >= 15 is 0 Å². The average molecular weight is 383 g/mol. The molecule has 0 atom stereocenters. The summed E-state index contributed by atoms with van der Waals surface area (Å²) in [6, 6.07) is 1.25. The fourth-order valence-corrected chi connectivity index (χ4v) is 2.84. The molecular weight excluding hydrogens is 366 g/mol. The van der Waals surface area contributed by atoms with Gasteiger partial charge in [0, 0.05) is 25.5 Å². The Morgan fingerprint density at radius 3 is 2.77 bits per heavy atom. The van der Waals surface area contributed by atoms with Crippen molar-refractivity contribution in [2.75, 3.05) is 7.05 Å². The van der Waals surface area contributed by atoms with Crippen molar-refractivity contribution in [3.05, 3.63) is 46.1 Å². The normalized spacial score (nSPS) is 11.5. The summed E-state index contributed by atoms with van der Waals surface area (Å²) < 4.78 is 29.1. The van der Waals surface area contributed by atoms with Crippen LogP contribution in [0, 0.1) is 6.92 Å². The molecule has 0 aliphatic carbocycles. The number of nitrogens with zero attached hydrogens (tertiary/aromatic N) is 6. The first-order valence-corrected chi connectivity index (χ1v) is 8.30. The number of halogens is 3. The highest BCUT2D eigenvalue weighted by Gasteiger charge is 2.23. The van der Waals surface area contributed by atoms with Gasteiger partial charge in [0.15, 0.2) is 5.65 Å². The van der Waals surface area contributed by atoms with Gasteiger partial charge < -0.3 is 4.90 Å². The van der Waals surface area contributed by atoms with Gasteiger partial charge in [0.2, 0.25) is 0 Å². The monoisotopic (exact) mass is 382 g/mol. The minimum atomic E-state index is -2.73. The van der Waals surface area contributed by atoms with Gasteiger partial charge in [-0.05, 0) is 19.9 Å². The summed E-state index contributed by atoms with van der Waals surface area (Å²) in [6.07, 6.45) is 0.208. The number of carbonyl (C=O) groups excluding carboxylic acids is 1. The van der Waals surface area contributed by atoms with Crippen molar-refractivity contribution in [2.24, 2.45) is 0 Å². The Morgan fingerprint density at radius 2 is 2.15 bits per heavy atom. The number of hydrogen-bond acceptors (Lipinski definition) is 4. The fourth-order valence-electron chi connectivity index (χ4n) is 2.63. The molecule has 7 nitrogen and oxygen atoms in total. The number of aryl methyl sites for hydroxylation is 2. The summed E-state index contributed by atoms with van der Waals surface area (Å²) in [5, 5.41) is 8.67. The van der Waals surface area contributed by atoms with Crippen molar-refractivity contribution in [2.45, 2.75) is 33.4 Å². The lowest BCUT2D eigenvalue weighted by molar-refractivity contribution is 0.0784. The van der Waals surface area contributed by atoms with Gasteiger partial charge in [0.1, 0.15) is 17.0 Å². The SMILES string of the molecule is CCn1cc(Cl)c(CN(C)C(=O)c2cnn3c(C(F)F)cc(C)nc23)n1. The number of hydrogen-bond donors (Lipinski definition) is 0. The number of amides is 1. The van der Waals surface area contributed by atoms with E-state index in [0.717, 1.165) is 4.52 Å². The standard InChI is InChI=1S/C16H17ClF2N6O/c1-4-24-7-11(17)12(22-24)8-23(3)16(26)10-6-20-25-13(14(18)19)5-9(2)21-15(10)25/h5-7,14H,4,8H2,1-3H3. The molecule has 0 aromatic carbocycles. The van der Waals surface area contributed by atoms with E-state index in [4.69, 9.17) is 11.6 Å². The van der Waals surface area contributed by atoms with Gasteiger partial charge in [0.05, 0.1) is 17.8 Å². The predicted molar refractivity (Wildman–Crippen MR) is 91.4 cm³/mol. The highest BCUT2D eigenvalue weighted by molar-refractivity contribution is 6.31. The van der Waals surface area contributed by atoms with Gasteiger partial charge in [-0.2, -0.15) is 10.2 Å². The Bertz CT molecular complexity index is 967. The van der Waals surface area contributed by atoms with Crippen LogP contribution in [0.15, 0.2) is 18.5 Å². The zero-order valence-electron chi connectivity index (χ0n) is 14.4. The molecule has 0 N–H and O–H groups in total. The second-order valence-corrected chi connectivity index (χ2v) is 6.26. The van der Waals surface area contributed by atoms with Crippen molar-refractivity contribution >= 4 is 23.2 Å². The topological polar surface area (TPSA) is 68.3 Å². The molecule has 3 aromatic heterocycles. The molecule has 0 unspecified atom stereocenters. The Hall–Kier alpha value is -2.55. The van der Waals surface area contributed by atoms with Crippen molar-refractivity contribution in [3.63, 3.8) is 0 Å². The van der Waals surface area contributed by atoms with Gasteiger partial charge in [-0.25, -0.2) is 18.3 Å². The van der Waals surface area contributed by atoms with Crippen LogP contribution in [0.4, 0.5) is 8.78 Å². The van der Waals surface area contributed by atoms with Crippen LogP contribution in [0.25, 0.3) is 5.65 Å². The van der Waals surface area contributed by atoms with Crippen molar-refractivity contribution in [1.82, 2.24) is 29.3 Å². The molecule has 0 saturated carbocycles. The molecule has 0 bridgehead atoms. The highest BCUT2D eigenvalue weighted by Crippen LogP contribution is 2.23. The van der Waals surface area contributed by atoms with Gasteiger partial charge in [0.25, 0.3) is 12.3 Å². The van der Waals surface area contributed by atoms with E-state index in [9.17, 15) is 13.6 Å². The number of rotatable bonds is 5. The molecular formula is C16H17ClF2N6O. The molecule has 3 heterocycles. The molecule has 3 aromatic rings. The zero-order chi connectivity index (χ0) is 19.0. The van der Waals surface area contributed by atoms with E-state index in [1.165, 1.54) is 17.2 Å². The third-order valence-electron chi connectivity index (χ3n) is 3.93. The minimum absolute atomic E-state index is 0.0994. The number of aromatic nitrogens is 5. The van der Waals surface area contributed by atoms with Crippen molar-refractivity contribution in [1.29, 1.82) is 0 Å². The van der Waals surface area contributed by atoms with Crippen LogP contribution in [-0.4, -0.2) is 42.2 Å². The quantitative estimate of drug-likeness (QED) is 0.680. The molecule has 0 radical (unpaired) electrons. The second kappa shape index (κ2) is 6.99. The van der Waals surface area contributed by atoms with Crippen LogP contribution in [0.2, 0.25) is 5.02 Å². The van der Waals surface area contributed by atoms with Gasteiger partial charge in [-0.3, -0.25) is 9.48 Å². The lowest BCUT2D eigenvalue weighted by atomic mass is 10.2. The van der Waals surface area contributed by atoms with Crippen LogP contribution in [0.3, 0.4) is 0 Å². The van der Waals surface area contributed by atoms with Crippen LogP contribution in [-0.2, 0) is 13.1 Å². The molecule has 3 rings (SSSR count). The second-order valence-electron chi connectivity index (χ2n) is 5.86. The maximum absolute atomic E-state index is 13.2. The molecule has 1 amide bonds. The van der Waals surface area contributed by atoms with Gasteiger partial charge >= 0.3 is 0 Å². The molecule has 0 saturated heterocycles. The number of fused-ring (bicyclic) bond motifs is 1. The van der Waals surface area contributed by atoms with E-state index in [1.54, 1.807) is 24.9 Å². The Labute approximate surface area is 153 Å². The van der Waals surface area contributed by atoms with Crippen molar-refractivity contribution in [3.8, 4) is 0 Å². The molecule has 138 valence electrons. The summed E-state index contributed by atoms with van der Waals surface area (Å²) >= 11 is 6.14. The molecule has 10 heteroatoms. The van der Waals surface area contributed by atoms with Crippen LogP contribution < -0.4 is 0 Å². The zero-order valence-corrected chi connectivity index (χ0v) is 15.2. The van der Waals surface area contributed by atoms with E-state index in [0.29, 0.717) is 23.0 Å². The first kappa shape index (κ1) is 18.2. The minimum Gasteiger partial charge on any atom is -0.336 e. The third kappa shape index (κ3) is 3.26. The van der Waals surface area contributed by atoms with E-state index in [1.807, 2.05) is 6.92 Å². The van der Waals surface area contributed by atoms with Crippen LogP contribution in [0.5, 0.6) is 0 Å². The highest BCUT2D eigenvalue weighted by atomic mass is 35.5. The predicted octanol–water partition coefficient (Wildman–Crippen LogP) is 3.12. The maximum Gasteiger partial charge on any atom is 0.280 e. The van der Waals surface area contributed by atoms with Crippen LogP contribution in [0.1, 0.15) is 40.8 Å². The first-order valence-electron chi connectivity index (χ1n) is 7.92. The summed E-state index contributed by atoms with van der Waals surface area (Å²) in [5.74, 6) is -0.402. The fraction of sp³-hybridized carbons (Fsp3) is 0.375. The van der Waals surface area contributed by atoms with E-state index < -0.39 is 12.3 Å². The Balaban J connectivity index is 1.93. The smallest absolute Gasteiger partial charge is 0.280 e. The lowest BCUT2D eigenvalue weighted by Gasteiger charge is -2.15. The van der Waals surface area contributed by atoms with Gasteiger partial charge in [-0.1, -0.05) is 11.6 Å². The Kier molecular flexibility index (Phi) is 4.90. The maximum atomic E-state index is 13.2. The Morgan fingerprint density at radius 1 is 1.42 bits per heavy atom. The average Bonchev–Trinajstić information content (AvgIpc) is 3.16. The number of alkyl halides is 2. The summed E-state index contributed by atoms with van der Waals surface area (Å²) in [6.45, 7) is 4.35. The first-order chi connectivity index (χ1) is 12.3. The van der Waals surface area contributed by atoms with Crippen molar-refractivity contribution < 1.29 is 13.6 Å². The summed E-state index contributed by atoms with van der Waals surface area (Å²) in [4.78, 5) is 18.4. The van der Waals surface area contributed by atoms with E-state index in [2.05, 4.69) is 15.2 Å². The third-order valence-corrected chi connectivity index (χ3v) is 4.24. The van der Waals surface area contributed by atoms with Crippen LogP contribution >= 0.6 is 11.6 Å². The van der Waals surface area contributed by atoms with E-state index in [-0.39, 0.29) is 23.4 Å².